The van der Waals surface area contributed by atoms with Crippen molar-refractivity contribution < 1.29 is 5.11 Å². The van der Waals surface area contributed by atoms with Crippen LogP contribution in [-0.4, -0.2) is 24.1 Å². The standard InChI is InChI=1S/C20H33NO/c1-9-10-15-11-17(20(5,6)14-19(2,3)4)12-16(18(15)22)13-21(7)8/h9,11-12,22H,1,10,13-14H2,2-8H3. The van der Waals surface area contributed by atoms with E-state index in [-0.39, 0.29) is 10.8 Å². The van der Waals surface area contributed by atoms with E-state index in [0.29, 0.717) is 12.2 Å². The van der Waals surface area contributed by atoms with Gasteiger partial charge in [-0.15, -0.1) is 6.58 Å². The zero-order valence-corrected chi connectivity index (χ0v) is 15.5. The van der Waals surface area contributed by atoms with Gasteiger partial charge in [0.2, 0.25) is 0 Å². The number of hydrogen-bond donors (Lipinski definition) is 1. The van der Waals surface area contributed by atoms with Crippen LogP contribution in [0, 0.1) is 5.41 Å². The summed E-state index contributed by atoms with van der Waals surface area (Å²) in [6, 6.07) is 4.33. The van der Waals surface area contributed by atoms with Crippen molar-refractivity contribution in [1.82, 2.24) is 4.90 Å². The lowest BCUT2D eigenvalue weighted by Crippen LogP contribution is -2.25. The summed E-state index contributed by atoms with van der Waals surface area (Å²) in [6.45, 7) is 16.0. The molecule has 1 rings (SSSR count). The minimum Gasteiger partial charge on any atom is -0.507 e. The van der Waals surface area contributed by atoms with Gasteiger partial charge in [0.05, 0.1) is 0 Å². The van der Waals surface area contributed by atoms with Gasteiger partial charge in [-0.1, -0.05) is 52.8 Å². The van der Waals surface area contributed by atoms with Crippen LogP contribution in [0.3, 0.4) is 0 Å². The molecule has 0 aromatic heterocycles. The second-order valence-electron chi connectivity index (χ2n) is 8.50. The highest BCUT2D eigenvalue weighted by Crippen LogP contribution is 2.39. The molecule has 0 heterocycles. The molecule has 0 aliphatic rings. The highest BCUT2D eigenvalue weighted by atomic mass is 16.3. The smallest absolute Gasteiger partial charge is 0.123 e. The maximum Gasteiger partial charge on any atom is 0.123 e. The summed E-state index contributed by atoms with van der Waals surface area (Å²) in [5.41, 5.74) is 3.62. The number of aromatic hydroxyl groups is 1. The summed E-state index contributed by atoms with van der Waals surface area (Å²) in [4.78, 5) is 2.09. The Morgan fingerprint density at radius 2 is 1.64 bits per heavy atom. The Morgan fingerprint density at radius 3 is 2.09 bits per heavy atom. The monoisotopic (exact) mass is 303 g/mol. The molecule has 0 atom stereocenters. The van der Waals surface area contributed by atoms with E-state index in [1.165, 1.54) is 5.56 Å². The largest absolute Gasteiger partial charge is 0.507 e. The van der Waals surface area contributed by atoms with Crippen LogP contribution in [0.25, 0.3) is 0 Å². The van der Waals surface area contributed by atoms with Crippen LogP contribution in [0.5, 0.6) is 5.75 Å². The number of phenolic OH excluding ortho intramolecular Hbond substituents is 1. The van der Waals surface area contributed by atoms with Gasteiger partial charge in [-0.25, -0.2) is 0 Å². The van der Waals surface area contributed by atoms with Crippen molar-refractivity contribution in [3.63, 3.8) is 0 Å². The minimum atomic E-state index is 0.0724. The lowest BCUT2D eigenvalue weighted by atomic mass is 9.71. The zero-order chi connectivity index (χ0) is 17.1. The third kappa shape index (κ3) is 5.17. The Bertz CT molecular complexity index is 521. The molecule has 1 N–H and O–H groups in total. The van der Waals surface area contributed by atoms with Crippen molar-refractivity contribution in [3.8, 4) is 5.75 Å². The molecular formula is C20H33NO. The summed E-state index contributed by atoms with van der Waals surface area (Å²) < 4.78 is 0. The van der Waals surface area contributed by atoms with Gasteiger partial charge in [-0.2, -0.15) is 0 Å². The summed E-state index contributed by atoms with van der Waals surface area (Å²) >= 11 is 0. The van der Waals surface area contributed by atoms with Crippen molar-refractivity contribution in [2.45, 2.75) is 59.4 Å². The first-order valence-corrected chi connectivity index (χ1v) is 8.07. The number of hydrogen-bond acceptors (Lipinski definition) is 2. The van der Waals surface area contributed by atoms with E-state index in [9.17, 15) is 5.11 Å². The highest BCUT2D eigenvalue weighted by molar-refractivity contribution is 5.46. The Hall–Kier alpha value is -1.28. The number of nitrogens with zero attached hydrogens (tertiary/aromatic N) is 1. The molecule has 124 valence electrons. The van der Waals surface area contributed by atoms with Crippen molar-refractivity contribution >= 4 is 0 Å². The van der Waals surface area contributed by atoms with Gasteiger partial charge in [0.25, 0.3) is 0 Å². The first-order chi connectivity index (χ1) is 9.96. The van der Waals surface area contributed by atoms with Crippen LogP contribution in [0.2, 0.25) is 0 Å². The average Bonchev–Trinajstić information content (AvgIpc) is 2.30. The summed E-state index contributed by atoms with van der Waals surface area (Å²) in [5, 5.41) is 10.5. The van der Waals surface area contributed by atoms with E-state index in [4.69, 9.17) is 0 Å². The quantitative estimate of drug-likeness (QED) is 0.756. The molecule has 0 aliphatic carbocycles. The van der Waals surface area contributed by atoms with E-state index in [1.807, 2.05) is 20.2 Å². The zero-order valence-electron chi connectivity index (χ0n) is 15.5. The molecule has 2 nitrogen and oxygen atoms in total. The summed E-state index contributed by atoms with van der Waals surface area (Å²) in [7, 11) is 4.05. The number of phenols is 1. The maximum absolute atomic E-state index is 10.5. The summed E-state index contributed by atoms with van der Waals surface area (Å²) in [6.07, 6.45) is 3.65. The normalized spacial score (nSPS) is 12.7. The van der Waals surface area contributed by atoms with E-state index in [2.05, 4.69) is 58.2 Å². The Morgan fingerprint density at radius 1 is 1.09 bits per heavy atom. The second kappa shape index (κ2) is 6.87. The third-order valence-electron chi connectivity index (χ3n) is 3.87. The lowest BCUT2D eigenvalue weighted by molar-refractivity contribution is 0.283. The van der Waals surface area contributed by atoms with Crippen molar-refractivity contribution in [2.24, 2.45) is 5.41 Å². The van der Waals surface area contributed by atoms with Gasteiger partial charge in [-0.05, 0) is 48.9 Å². The van der Waals surface area contributed by atoms with Crippen LogP contribution in [0.1, 0.15) is 57.7 Å². The molecule has 1 aromatic rings. The molecule has 0 bridgehead atoms. The predicted molar refractivity (Wildman–Crippen MR) is 96.5 cm³/mol. The predicted octanol–water partition coefficient (Wildman–Crippen LogP) is 4.90. The molecule has 0 radical (unpaired) electrons. The summed E-state index contributed by atoms with van der Waals surface area (Å²) in [5.74, 6) is 0.420. The molecule has 0 saturated carbocycles. The van der Waals surface area contributed by atoms with Gasteiger partial charge in [0, 0.05) is 12.1 Å². The number of benzene rings is 1. The van der Waals surface area contributed by atoms with Crippen LogP contribution >= 0.6 is 0 Å². The Labute approximate surface area is 136 Å². The van der Waals surface area contributed by atoms with Gasteiger partial charge < -0.3 is 10.0 Å². The first-order valence-electron chi connectivity index (χ1n) is 8.07. The van der Waals surface area contributed by atoms with Crippen molar-refractivity contribution in [1.29, 1.82) is 0 Å². The fraction of sp³-hybridized carbons (Fsp3) is 0.600. The molecule has 0 amide bonds. The Kier molecular flexibility index (Phi) is 5.86. The van der Waals surface area contributed by atoms with Gasteiger partial charge in [0.1, 0.15) is 5.75 Å². The first kappa shape index (κ1) is 18.8. The molecule has 2 heteroatoms. The van der Waals surface area contributed by atoms with Crippen molar-refractivity contribution in [2.75, 3.05) is 14.1 Å². The van der Waals surface area contributed by atoms with Crippen LogP contribution < -0.4 is 0 Å². The molecule has 22 heavy (non-hydrogen) atoms. The third-order valence-corrected chi connectivity index (χ3v) is 3.87. The molecular weight excluding hydrogens is 270 g/mol. The van der Waals surface area contributed by atoms with Gasteiger partial charge in [0.15, 0.2) is 0 Å². The fourth-order valence-corrected chi connectivity index (χ4v) is 3.35. The molecule has 0 spiro atoms. The van der Waals surface area contributed by atoms with Crippen LogP contribution in [0.15, 0.2) is 24.8 Å². The average molecular weight is 303 g/mol. The molecule has 0 saturated heterocycles. The van der Waals surface area contributed by atoms with E-state index in [0.717, 1.165) is 24.1 Å². The minimum absolute atomic E-state index is 0.0724. The fourth-order valence-electron chi connectivity index (χ4n) is 3.35. The Balaban J connectivity index is 3.34. The topological polar surface area (TPSA) is 23.5 Å². The molecule has 1 aromatic carbocycles. The van der Waals surface area contributed by atoms with Crippen LogP contribution in [-0.2, 0) is 18.4 Å². The number of rotatable bonds is 6. The second-order valence-corrected chi connectivity index (χ2v) is 8.50. The SMILES string of the molecule is C=CCc1cc(C(C)(C)CC(C)(C)C)cc(CN(C)C)c1O. The highest BCUT2D eigenvalue weighted by Gasteiger charge is 2.28. The number of allylic oxidation sites excluding steroid dienone is 1. The molecule has 0 unspecified atom stereocenters. The van der Waals surface area contributed by atoms with Crippen molar-refractivity contribution in [3.05, 3.63) is 41.5 Å². The van der Waals surface area contributed by atoms with E-state index >= 15 is 0 Å². The van der Waals surface area contributed by atoms with Gasteiger partial charge >= 0.3 is 0 Å². The van der Waals surface area contributed by atoms with Gasteiger partial charge in [-0.3, -0.25) is 0 Å². The molecule has 0 aliphatic heterocycles. The maximum atomic E-state index is 10.5. The van der Waals surface area contributed by atoms with E-state index < -0.39 is 0 Å². The van der Waals surface area contributed by atoms with Crippen LogP contribution in [0.4, 0.5) is 0 Å². The molecule has 0 fully saturated rings. The lowest BCUT2D eigenvalue weighted by Gasteiger charge is -2.34. The van der Waals surface area contributed by atoms with E-state index in [1.54, 1.807) is 0 Å².